The average molecular weight is 307 g/mol. The standard InChI is InChI=1S/C15H17NO4S/c1-11-5-4-6-12(9-11)16-21(17,18)15-10-13(19-2)7-8-14(15)20-3/h4-10,16H,1-3H3. The normalized spacial score (nSPS) is 11.0. The lowest BCUT2D eigenvalue weighted by molar-refractivity contribution is 0.392. The molecule has 2 rings (SSSR count). The van der Waals surface area contributed by atoms with Crippen molar-refractivity contribution < 1.29 is 17.9 Å². The van der Waals surface area contributed by atoms with E-state index in [1.165, 1.54) is 20.3 Å². The van der Waals surface area contributed by atoms with Crippen molar-refractivity contribution in [3.63, 3.8) is 0 Å². The van der Waals surface area contributed by atoms with E-state index < -0.39 is 10.0 Å². The second kappa shape index (κ2) is 6.05. The molecule has 6 heteroatoms. The van der Waals surface area contributed by atoms with Crippen molar-refractivity contribution in [2.24, 2.45) is 0 Å². The summed E-state index contributed by atoms with van der Waals surface area (Å²) < 4.78 is 37.8. The lowest BCUT2D eigenvalue weighted by atomic mass is 10.2. The number of anilines is 1. The summed E-state index contributed by atoms with van der Waals surface area (Å²) in [5.41, 5.74) is 1.47. The highest BCUT2D eigenvalue weighted by molar-refractivity contribution is 7.92. The molecule has 5 nitrogen and oxygen atoms in total. The maximum absolute atomic E-state index is 12.5. The maximum Gasteiger partial charge on any atom is 0.265 e. The van der Waals surface area contributed by atoms with E-state index >= 15 is 0 Å². The number of hydrogen-bond acceptors (Lipinski definition) is 4. The van der Waals surface area contributed by atoms with Crippen LogP contribution in [0, 0.1) is 6.92 Å². The van der Waals surface area contributed by atoms with Gasteiger partial charge in [0.2, 0.25) is 0 Å². The van der Waals surface area contributed by atoms with Gasteiger partial charge in [0.05, 0.1) is 14.2 Å². The van der Waals surface area contributed by atoms with E-state index in [-0.39, 0.29) is 10.6 Å². The van der Waals surface area contributed by atoms with Gasteiger partial charge in [0.1, 0.15) is 16.4 Å². The first kappa shape index (κ1) is 15.2. The second-order valence-corrected chi connectivity index (χ2v) is 6.14. The van der Waals surface area contributed by atoms with Crippen LogP contribution in [0.1, 0.15) is 5.56 Å². The van der Waals surface area contributed by atoms with Crippen LogP contribution in [0.3, 0.4) is 0 Å². The molecule has 2 aromatic rings. The zero-order valence-electron chi connectivity index (χ0n) is 12.1. The highest BCUT2D eigenvalue weighted by atomic mass is 32.2. The van der Waals surface area contributed by atoms with E-state index in [4.69, 9.17) is 9.47 Å². The number of hydrogen-bond donors (Lipinski definition) is 1. The number of sulfonamides is 1. The SMILES string of the molecule is COc1ccc(OC)c(S(=O)(=O)Nc2cccc(C)c2)c1. The zero-order valence-corrected chi connectivity index (χ0v) is 12.9. The molecule has 112 valence electrons. The summed E-state index contributed by atoms with van der Waals surface area (Å²) in [7, 11) is -0.858. The van der Waals surface area contributed by atoms with Gasteiger partial charge in [0.25, 0.3) is 10.0 Å². The Morgan fingerprint density at radius 1 is 1.00 bits per heavy atom. The molecule has 0 saturated carbocycles. The van der Waals surface area contributed by atoms with Gasteiger partial charge in [0.15, 0.2) is 0 Å². The van der Waals surface area contributed by atoms with E-state index in [0.717, 1.165) is 5.56 Å². The highest BCUT2D eigenvalue weighted by Gasteiger charge is 2.20. The minimum atomic E-state index is -3.76. The third-order valence-corrected chi connectivity index (χ3v) is 4.33. The van der Waals surface area contributed by atoms with Crippen LogP contribution in [0.4, 0.5) is 5.69 Å². The summed E-state index contributed by atoms with van der Waals surface area (Å²) in [6, 6.07) is 11.8. The molecule has 0 spiro atoms. The monoisotopic (exact) mass is 307 g/mol. The Morgan fingerprint density at radius 2 is 1.76 bits per heavy atom. The molecule has 0 aliphatic carbocycles. The molecule has 2 aromatic carbocycles. The number of ether oxygens (including phenoxy) is 2. The van der Waals surface area contributed by atoms with Crippen LogP contribution in [0.25, 0.3) is 0 Å². The fourth-order valence-electron chi connectivity index (χ4n) is 1.91. The van der Waals surface area contributed by atoms with Gasteiger partial charge in [-0.3, -0.25) is 4.72 Å². The van der Waals surface area contributed by atoms with Gasteiger partial charge in [-0.2, -0.15) is 0 Å². The molecular formula is C15H17NO4S. The Bertz CT molecular complexity index is 741. The van der Waals surface area contributed by atoms with Gasteiger partial charge in [-0.05, 0) is 36.8 Å². The molecule has 21 heavy (non-hydrogen) atoms. The average Bonchev–Trinajstić information content (AvgIpc) is 2.46. The molecule has 0 aromatic heterocycles. The number of benzene rings is 2. The van der Waals surface area contributed by atoms with Crippen molar-refractivity contribution in [1.29, 1.82) is 0 Å². The van der Waals surface area contributed by atoms with Crippen molar-refractivity contribution in [3.8, 4) is 11.5 Å². The number of nitrogens with one attached hydrogen (secondary N) is 1. The third-order valence-electron chi connectivity index (χ3n) is 2.93. The first-order valence-corrected chi connectivity index (χ1v) is 7.76. The maximum atomic E-state index is 12.5. The second-order valence-electron chi connectivity index (χ2n) is 4.49. The van der Waals surface area contributed by atoms with Crippen molar-refractivity contribution in [2.45, 2.75) is 11.8 Å². The minimum absolute atomic E-state index is 0.0332. The van der Waals surface area contributed by atoms with Crippen molar-refractivity contribution in [1.82, 2.24) is 0 Å². The molecule has 0 amide bonds. The van der Waals surface area contributed by atoms with Crippen molar-refractivity contribution in [3.05, 3.63) is 48.0 Å². The molecule has 0 unspecified atom stereocenters. The van der Waals surface area contributed by atoms with Gasteiger partial charge in [-0.1, -0.05) is 12.1 Å². The molecule has 0 heterocycles. The first-order chi connectivity index (χ1) is 9.96. The van der Waals surface area contributed by atoms with Gasteiger partial charge < -0.3 is 9.47 Å². The van der Waals surface area contributed by atoms with Crippen molar-refractivity contribution in [2.75, 3.05) is 18.9 Å². The molecule has 0 aliphatic heterocycles. The third kappa shape index (κ3) is 3.46. The Hall–Kier alpha value is -2.21. The number of rotatable bonds is 5. The van der Waals surface area contributed by atoms with Crippen LogP contribution < -0.4 is 14.2 Å². The quantitative estimate of drug-likeness (QED) is 0.922. The molecule has 0 bridgehead atoms. The summed E-state index contributed by atoms with van der Waals surface area (Å²) in [5, 5.41) is 0. The Morgan fingerprint density at radius 3 is 2.38 bits per heavy atom. The van der Waals surface area contributed by atoms with Crippen LogP contribution in [-0.2, 0) is 10.0 Å². The lowest BCUT2D eigenvalue weighted by Gasteiger charge is -2.13. The number of methoxy groups -OCH3 is 2. The van der Waals surface area contributed by atoms with Crippen molar-refractivity contribution >= 4 is 15.7 Å². The summed E-state index contributed by atoms with van der Waals surface area (Å²) in [6.45, 7) is 1.89. The van der Waals surface area contributed by atoms with Gasteiger partial charge in [-0.15, -0.1) is 0 Å². The smallest absolute Gasteiger partial charge is 0.265 e. The largest absolute Gasteiger partial charge is 0.497 e. The molecule has 0 saturated heterocycles. The van der Waals surface area contributed by atoms with E-state index in [9.17, 15) is 8.42 Å². The van der Waals surface area contributed by atoms with Crippen LogP contribution in [-0.4, -0.2) is 22.6 Å². The topological polar surface area (TPSA) is 64.6 Å². The van der Waals surface area contributed by atoms with Gasteiger partial charge >= 0.3 is 0 Å². The predicted octanol–water partition coefficient (Wildman–Crippen LogP) is 2.81. The van der Waals surface area contributed by atoms with Crippen LogP contribution in [0.5, 0.6) is 11.5 Å². The summed E-state index contributed by atoms with van der Waals surface area (Å²) in [5.74, 6) is 0.705. The molecule has 0 fully saturated rings. The lowest BCUT2D eigenvalue weighted by Crippen LogP contribution is -2.14. The van der Waals surface area contributed by atoms with Gasteiger partial charge in [0, 0.05) is 11.8 Å². The fourth-order valence-corrected chi connectivity index (χ4v) is 3.15. The van der Waals surface area contributed by atoms with Gasteiger partial charge in [-0.25, -0.2) is 8.42 Å². The predicted molar refractivity (Wildman–Crippen MR) is 81.5 cm³/mol. The highest BCUT2D eigenvalue weighted by Crippen LogP contribution is 2.29. The summed E-state index contributed by atoms with van der Waals surface area (Å²) in [6.07, 6.45) is 0. The van der Waals surface area contributed by atoms with E-state index in [2.05, 4.69) is 4.72 Å². The van der Waals surface area contributed by atoms with Crippen LogP contribution >= 0.6 is 0 Å². The van der Waals surface area contributed by atoms with E-state index in [0.29, 0.717) is 11.4 Å². The minimum Gasteiger partial charge on any atom is -0.497 e. The molecule has 0 atom stereocenters. The zero-order chi connectivity index (χ0) is 15.5. The molecule has 1 N–H and O–H groups in total. The van der Waals surface area contributed by atoms with E-state index in [1.54, 1.807) is 30.3 Å². The fraction of sp³-hybridized carbons (Fsp3) is 0.200. The van der Waals surface area contributed by atoms with Crippen LogP contribution in [0.15, 0.2) is 47.4 Å². The van der Waals surface area contributed by atoms with E-state index in [1.807, 2.05) is 13.0 Å². The number of aryl methyl sites for hydroxylation is 1. The molecule has 0 radical (unpaired) electrons. The summed E-state index contributed by atoms with van der Waals surface area (Å²) >= 11 is 0. The Kier molecular flexibility index (Phi) is 4.37. The van der Waals surface area contributed by atoms with Crippen LogP contribution in [0.2, 0.25) is 0 Å². The Balaban J connectivity index is 2.43. The first-order valence-electron chi connectivity index (χ1n) is 6.28. The molecule has 0 aliphatic rings. The molecular weight excluding hydrogens is 290 g/mol. The summed E-state index contributed by atoms with van der Waals surface area (Å²) in [4.78, 5) is 0.0332. The Labute approximate surface area is 124 Å².